The Balaban J connectivity index is 2.07. The number of phenols is 1. The van der Waals surface area contributed by atoms with E-state index in [0.717, 1.165) is 0 Å². The van der Waals surface area contributed by atoms with Crippen LogP contribution < -0.4 is 5.32 Å². The molecule has 0 fully saturated rings. The quantitative estimate of drug-likeness (QED) is 0.903. The molecule has 0 saturated heterocycles. The second kappa shape index (κ2) is 5.80. The van der Waals surface area contributed by atoms with Crippen LogP contribution in [0.3, 0.4) is 0 Å². The van der Waals surface area contributed by atoms with E-state index in [-0.39, 0.29) is 18.2 Å². The zero-order valence-electron chi connectivity index (χ0n) is 10.6. The molecule has 0 radical (unpaired) electrons. The number of aromatic nitrogens is 1. The van der Waals surface area contributed by atoms with E-state index in [1.165, 1.54) is 0 Å². The van der Waals surface area contributed by atoms with Gasteiger partial charge >= 0.3 is 0 Å². The number of aromatic hydroxyl groups is 1. The maximum atomic E-state index is 12.1. The van der Waals surface area contributed by atoms with Gasteiger partial charge in [-0.25, -0.2) is 0 Å². The topological polar surface area (TPSA) is 54.3 Å². The van der Waals surface area contributed by atoms with Gasteiger partial charge in [-0.05, 0) is 19.1 Å². The van der Waals surface area contributed by atoms with Crippen LogP contribution >= 0.6 is 11.6 Å². The average Bonchev–Trinajstić information content (AvgIpc) is 2.79. The van der Waals surface area contributed by atoms with Crippen LogP contribution in [0.5, 0.6) is 5.75 Å². The van der Waals surface area contributed by atoms with Crippen molar-refractivity contribution in [3.8, 4) is 5.75 Å². The Labute approximate surface area is 116 Å². The Hall–Kier alpha value is -1.94. The second-order valence-corrected chi connectivity index (χ2v) is 4.58. The third-order valence-electron chi connectivity index (χ3n) is 2.87. The van der Waals surface area contributed by atoms with E-state index in [9.17, 15) is 9.90 Å². The van der Waals surface area contributed by atoms with Crippen molar-refractivity contribution in [3.63, 3.8) is 0 Å². The summed E-state index contributed by atoms with van der Waals surface area (Å²) >= 11 is 5.89. The van der Waals surface area contributed by atoms with E-state index >= 15 is 0 Å². The van der Waals surface area contributed by atoms with Gasteiger partial charge in [0.15, 0.2) is 0 Å². The number of amides is 1. The third-order valence-corrected chi connectivity index (χ3v) is 3.07. The summed E-state index contributed by atoms with van der Waals surface area (Å²) in [7, 11) is 0. The fraction of sp³-hybridized carbons (Fsp3) is 0.214. The predicted octanol–water partition coefficient (Wildman–Crippen LogP) is 2.80. The van der Waals surface area contributed by atoms with Gasteiger partial charge in [-0.1, -0.05) is 29.8 Å². The molecule has 2 rings (SSSR count). The molecule has 1 aromatic heterocycles. The predicted molar refractivity (Wildman–Crippen MR) is 74.4 cm³/mol. The lowest BCUT2D eigenvalue weighted by Crippen LogP contribution is -2.25. The number of carbonyl (C=O) groups is 1. The van der Waals surface area contributed by atoms with Gasteiger partial charge in [-0.15, -0.1) is 0 Å². The minimum atomic E-state index is -0.211. The summed E-state index contributed by atoms with van der Waals surface area (Å²) in [6, 6.07) is 8.54. The SMILES string of the molecule is CCn1cc(Cl)cc1C(=O)NCc1ccccc1O. The number of rotatable bonds is 4. The number of aryl methyl sites for hydroxylation is 1. The van der Waals surface area contributed by atoms with Gasteiger partial charge in [-0.2, -0.15) is 0 Å². The molecule has 1 aromatic carbocycles. The number of benzene rings is 1. The third kappa shape index (κ3) is 3.09. The molecule has 0 saturated carbocycles. The van der Waals surface area contributed by atoms with Crippen molar-refractivity contribution in [3.05, 3.63) is 52.8 Å². The molecule has 2 N–H and O–H groups in total. The molecule has 100 valence electrons. The van der Waals surface area contributed by atoms with Crippen molar-refractivity contribution < 1.29 is 9.90 Å². The van der Waals surface area contributed by atoms with Crippen LogP contribution in [-0.4, -0.2) is 15.6 Å². The zero-order chi connectivity index (χ0) is 13.8. The van der Waals surface area contributed by atoms with Crippen molar-refractivity contribution in [1.82, 2.24) is 9.88 Å². The van der Waals surface area contributed by atoms with Crippen molar-refractivity contribution in [2.24, 2.45) is 0 Å². The Morgan fingerprint density at radius 3 is 2.84 bits per heavy atom. The fourth-order valence-electron chi connectivity index (χ4n) is 1.85. The van der Waals surface area contributed by atoms with E-state index < -0.39 is 0 Å². The second-order valence-electron chi connectivity index (χ2n) is 4.14. The largest absolute Gasteiger partial charge is 0.508 e. The first-order valence-corrected chi connectivity index (χ1v) is 6.40. The Bertz CT molecular complexity index is 593. The molecule has 0 atom stereocenters. The van der Waals surface area contributed by atoms with Gasteiger partial charge < -0.3 is 15.0 Å². The van der Waals surface area contributed by atoms with E-state index in [4.69, 9.17) is 11.6 Å². The normalized spacial score (nSPS) is 10.4. The first-order valence-electron chi connectivity index (χ1n) is 6.02. The summed E-state index contributed by atoms with van der Waals surface area (Å²) in [5.74, 6) is -0.0382. The molecule has 0 unspecified atom stereocenters. The molecule has 0 aliphatic carbocycles. The van der Waals surface area contributed by atoms with E-state index in [2.05, 4.69) is 5.32 Å². The molecular formula is C14H15ClN2O2. The van der Waals surface area contributed by atoms with E-state index in [1.54, 1.807) is 35.0 Å². The summed E-state index contributed by atoms with van der Waals surface area (Å²) < 4.78 is 1.78. The van der Waals surface area contributed by atoms with Gasteiger partial charge in [0, 0.05) is 24.8 Å². The van der Waals surface area contributed by atoms with Gasteiger partial charge in [0.1, 0.15) is 11.4 Å². The average molecular weight is 279 g/mol. The monoisotopic (exact) mass is 278 g/mol. The summed E-state index contributed by atoms with van der Waals surface area (Å²) in [6.45, 7) is 2.89. The molecule has 4 nitrogen and oxygen atoms in total. The Morgan fingerprint density at radius 2 is 2.16 bits per heavy atom. The summed E-state index contributed by atoms with van der Waals surface area (Å²) in [4.78, 5) is 12.1. The van der Waals surface area contributed by atoms with E-state index in [1.807, 2.05) is 13.0 Å². The van der Waals surface area contributed by atoms with Crippen LogP contribution in [0.4, 0.5) is 0 Å². The van der Waals surface area contributed by atoms with Crippen molar-refractivity contribution in [2.75, 3.05) is 0 Å². The number of phenolic OH excluding ortho intramolecular Hbond substituents is 1. The van der Waals surface area contributed by atoms with Crippen LogP contribution in [0.1, 0.15) is 23.0 Å². The van der Waals surface area contributed by atoms with Gasteiger partial charge in [0.25, 0.3) is 5.91 Å². The van der Waals surface area contributed by atoms with Crippen LogP contribution in [-0.2, 0) is 13.1 Å². The maximum Gasteiger partial charge on any atom is 0.268 e. The number of hydrogen-bond donors (Lipinski definition) is 2. The van der Waals surface area contributed by atoms with Gasteiger partial charge in [0.2, 0.25) is 0 Å². The maximum absolute atomic E-state index is 12.1. The van der Waals surface area contributed by atoms with Gasteiger partial charge in [-0.3, -0.25) is 4.79 Å². The lowest BCUT2D eigenvalue weighted by atomic mass is 10.2. The molecule has 0 aliphatic rings. The molecule has 1 heterocycles. The van der Waals surface area contributed by atoms with Crippen molar-refractivity contribution in [1.29, 1.82) is 0 Å². The summed E-state index contributed by atoms with van der Waals surface area (Å²) in [6.07, 6.45) is 1.72. The fourth-order valence-corrected chi connectivity index (χ4v) is 2.07. The molecule has 0 bridgehead atoms. The molecule has 2 aromatic rings. The molecule has 1 amide bonds. The highest BCUT2D eigenvalue weighted by atomic mass is 35.5. The lowest BCUT2D eigenvalue weighted by Gasteiger charge is -2.08. The number of nitrogens with one attached hydrogen (secondary N) is 1. The minimum Gasteiger partial charge on any atom is -0.508 e. The van der Waals surface area contributed by atoms with E-state index in [0.29, 0.717) is 22.8 Å². The highest BCUT2D eigenvalue weighted by molar-refractivity contribution is 6.31. The van der Waals surface area contributed by atoms with Crippen LogP contribution in [0.15, 0.2) is 36.5 Å². The molecular weight excluding hydrogens is 264 g/mol. The molecule has 5 heteroatoms. The van der Waals surface area contributed by atoms with Gasteiger partial charge in [0.05, 0.1) is 5.02 Å². The first kappa shape index (κ1) is 13.5. The Kier molecular flexibility index (Phi) is 4.12. The summed E-state index contributed by atoms with van der Waals surface area (Å²) in [5.41, 5.74) is 1.19. The van der Waals surface area contributed by atoms with Crippen molar-refractivity contribution >= 4 is 17.5 Å². The number of carbonyl (C=O) groups excluding carboxylic acids is 1. The smallest absolute Gasteiger partial charge is 0.268 e. The number of hydrogen-bond acceptors (Lipinski definition) is 2. The van der Waals surface area contributed by atoms with Crippen LogP contribution in [0.2, 0.25) is 5.02 Å². The number of nitrogens with zero attached hydrogens (tertiary/aromatic N) is 1. The number of para-hydroxylation sites is 1. The standard InChI is InChI=1S/C14H15ClN2O2/c1-2-17-9-11(15)7-12(17)14(19)16-8-10-5-3-4-6-13(10)18/h3-7,9,18H,2,8H2,1H3,(H,16,19). The number of halogens is 1. The van der Waals surface area contributed by atoms with Crippen molar-refractivity contribution in [2.45, 2.75) is 20.0 Å². The molecule has 0 aliphatic heterocycles. The first-order chi connectivity index (χ1) is 9.11. The highest BCUT2D eigenvalue weighted by Gasteiger charge is 2.12. The van der Waals surface area contributed by atoms with Crippen LogP contribution in [0.25, 0.3) is 0 Å². The molecule has 19 heavy (non-hydrogen) atoms. The van der Waals surface area contributed by atoms with Crippen LogP contribution in [0, 0.1) is 0 Å². The Morgan fingerprint density at radius 1 is 1.42 bits per heavy atom. The minimum absolute atomic E-state index is 0.173. The zero-order valence-corrected chi connectivity index (χ0v) is 11.3. The lowest BCUT2D eigenvalue weighted by molar-refractivity contribution is 0.0941. The highest BCUT2D eigenvalue weighted by Crippen LogP contribution is 2.16. The molecule has 0 spiro atoms. The summed E-state index contributed by atoms with van der Waals surface area (Å²) in [5, 5.41) is 12.9.